The third-order valence-corrected chi connectivity index (χ3v) is 4.05. The molecule has 0 aliphatic heterocycles. The minimum atomic E-state index is -0.288. The van der Waals surface area contributed by atoms with Crippen molar-refractivity contribution >= 4 is 28.7 Å². The molecule has 26 heavy (non-hydrogen) atoms. The second-order valence-corrected chi connectivity index (χ2v) is 5.87. The summed E-state index contributed by atoms with van der Waals surface area (Å²) in [6.07, 6.45) is 1.53. The molecule has 5 heteroatoms. The van der Waals surface area contributed by atoms with Crippen molar-refractivity contribution in [1.29, 1.82) is 5.26 Å². The number of hydrogen-bond donors (Lipinski definition) is 1. The molecular formula is C21H13ClN2O2. The van der Waals surface area contributed by atoms with Gasteiger partial charge in [-0.05, 0) is 36.4 Å². The smallest absolute Gasteiger partial charge is 0.193 e. The van der Waals surface area contributed by atoms with Crippen LogP contribution in [0.15, 0.2) is 72.9 Å². The van der Waals surface area contributed by atoms with E-state index in [0.29, 0.717) is 16.3 Å². The second kappa shape index (κ2) is 7.64. The largest absolute Gasteiger partial charge is 0.506 e. The number of aliphatic hydroxyl groups is 1. The number of carbonyl (C=O) groups is 1. The number of halogens is 1. The summed E-state index contributed by atoms with van der Waals surface area (Å²) in [7, 11) is 0. The van der Waals surface area contributed by atoms with Gasteiger partial charge in [0.2, 0.25) is 0 Å². The lowest BCUT2D eigenvalue weighted by Gasteiger charge is -2.10. The Kier molecular flexibility index (Phi) is 5.12. The topological polar surface area (TPSA) is 74.0 Å². The van der Waals surface area contributed by atoms with Crippen LogP contribution in [0, 0.1) is 11.3 Å². The molecule has 3 rings (SSSR count). The number of allylic oxidation sites excluding steroid dienone is 1. The maximum atomic E-state index is 12.9. The summed E-state index contributed by atoms with van der Waals surface area (Å²) in [4.78, 5) is 17.0. The Morgan fingerprint density at radius 2 is 1.62 bits per heavy atom. The molecule has 0 amide bonds. The zero-order valence-corrected chi connectivity index (χ0v) is 14.3. The third kappa shape index (κ3) is 3.49. The van der Waals surface area contributed by atoms with Crippen molar-refractivity contribution in [3.63, 3.8) is 0 Å². The molecule has 0 atom stereocenters. The standard InChI is InChI=1S/C21H13ClN2O2/c22-15-10-8-14(9-11-15)20(25)16-5-1-2-6-17(16)21(26)18(13-23)19-7-3-4-12-24-19/h1-12,26H. The predicted molar refractivity (Wildman–Crippen MR) is 101 cm³/mol. The van der Waals surface area contributed by atoms with Crippen LogP contribution in [-0.2, 0) is 0 Å². The van der Waals surface area contributed by atoms with Crippen molar-refractivity contribution in [3.8, 4) is 6.07 Å². The highest BCUT2D eigenvalue weighted by Crippen LogP contribution is 2.27. The number of aromatic nitrogens is 1. The zero-order valence-electron chi connectivity index (χ0n) is 13.6. The number of rotatable bonds is 4. The summed E-state index contributed by atoms with van der Waals surface area (Å²) in [6, 6.07) is 20.1. The lowest BCUT2D eigenvalue weighted by molar-refractivity contribution is 0.103. The number of pyridine rings is 1. The molecule has 0 saturated carbocycles. The molecule has 3 aromatic rings. The van der Waals surface area contributed by atoms with Gasteiger partial charge in [-0.15, -0.1) is 0 Å². The van der Waals surface area contributed by atoms with Gasteiger partial charge in [0.25, 0.3) is 0 Å². The number of hydrogen-bond acceptors (Lipinski definition) is 4. The van der Waals surface area contributed by atoms with Gasteiger partial charge in [0.15, 0.2) is 5.78 Å². The Balaban J connectivity index is 2.12. The van der Waals surface area contributed by atoms with Gasteiger partial charge in [-0.2, -0.15) is 5.26 Å². The van der Waals surface area contributed by atoms with Crippen LogP contribution < -0.4 is 0 Å². The maximum absolute atomic E-state index is 12.9. The van der Waals surface area contributed by atoms with Gasteiger partial charge in [0.05, 0.1) is 5.69 Å². The summed E-state index contributed by atoms with van der Waals surface area (Å²) >= 11 is 5.87. The van der Waals surface area contributed by atoms with E-state index in [-0.39, 0.29) is 28.2 Å². The lowest BCUT2D eigenvalue weighted by Crippen LogP contribution is -2.06. The second-order valence-electron chi connectivity index (χ2n) is 5.43. The minimum Gasteiger partial charge on any atom is -0.506 e. The van der Waals surface area contributed by atoms with Crippen LogP contribution in [0.5, 0.6) is 0 Å². The number of nitrogens with zero attached hydrogens (tertiary/aromatic N) is 2. The zero-order chi connectivity index (χ0) is 18.5. The van der Waals surface area contributed by atoms with E-state index in [9.17, 15) is 15.2 Å². The normalized spacial score (nSPS) is 11.4. The highest BCUT2D eigenvalue weighted by molar-refractivity contribution is 6.30. The highest BCUT2D eigenvalue weighted by atomic mass is 35.5. The molecule has 0 unspecified atom stereocenters. The van der Waals surface area contributed by atoms with E-state index in [1.165, 1.54) is 6.20 Å². The van der Waals surface area contributed by atoms with E-state index in [1.54, 1.807) is 66.7 Å². The van der Waals surface area contributed by atoms with Gasteiger partial charge in [-0.25, -0.2) is 0 Å². The van der Waals surface area contributed by atoms with E-state index in [4.69, 9.17) is 11.6 Å². The van der Waals surface area contributed by atoms with E-state index in [0.717, 1.165) is 0 Å². The van der Waals surface area contributed by atoms with Crippen molar-refractivity contribution in [2.75, 3.05) is 0 Å². The van der Waals surface area contributed by atoms with Crippen LogP contribution in [0.3, 0.4) is 0 Å². The molecule has 126 valence electrons. The molecule has 1 N–H and O–H groups in total. The predicted octanol–water partition coefficient (Wildman–Crippen LogP) is 4.92. The Morgan fingerprint density at radius 3 is 2.23 bits per heavy atom. The summed E-state index contributed by atoms with van der Waals surface area (Å²) in [6.45, 7) is 0. The Hall–Kier alpha value is -3.42. The third-order valence-electron chi connectivity index (χ3n) is 3.80. The van der Waals surface area contributed by atoms with Crippen molar-refractivity contribution < 1.29 is 9.90 Å². The fourth-order valence-corrected chi connectivity index (χ4v) is 2.65. The first-order valence-corrected chi connectivity index (χ1v) is 8.14. The van der Waals surface area contributed by atoms with E-state index in [1.807, 2.05) is 6.07 Å². The molecule has 0 fully saturated rings. The van der Waals surface area contributed by atoms with E-state index >= 15 is 0 Å². The average molecular weight is 361 g/mol. The number of aliphatic hydroxyl groups excluding tert-OH is 1. The van der Waals surface area contributed by atoms with Crippen LogP contribution in [0.1, 0.15) is 27.2 Å². The van der Waals surface area contributed by atoms with Gasteiger partial charge in [-0.1, -0.05) is 41.9 Å². The van der Waals surface area contributed by atoms with Gasteiger partial charge < -0.3 is 5.11 Å². The first-order valence-electron chi connectivity index (χ1n) is 7.76. The number of nitriles is 1. The summed E-state index contributed by atoms with van der Waals surface area (Å²) in [5.41, 5.74) is 1.33. The number of ketones is 1. The first kappa shape index (κ1) is 17.4. The van der Waals surface area contributed by atoms with Gasteiger partial charge in [0, 0.05) is 27.9 Å². The van der Waals surface area contributed by atoms with Crippen LogP contribution in [0.2, 0.25) is 5.02 Å². The fraction of sp³-hybridized carbons (Fsp3) is 0. The monoisotopic (exact) mass is 360 g/mol. The van der Waals surface area contributed by atoms with Crippen molar-refractivity contribution in [2.24, 2.45) is 0 Å². The summed E-state index contributed by atoms with van der Waals surface area (Å²) in [5, 5.41) is 20.7. The SMILES string of the molecule is N#CC(=C(O)c1ccccc1C(=O)c1ccc(Cl)cc1)c1ccccn1. The van der Waals surface area contributed by atoms with Crippen LogP contribution in [-0.4, -0.2) is 15.9 Å². The molecule has 0 bridgehead atoms. The molecule has 1 aromatic heterocycles. The van der Waals surface area contributed by atoms with Crippen LogP contribution in [0.25, 0.3) is 11.3 Å². The van der Waals surface area contributed by atoms with Crippen LogP contribution >= 0.6 is 11.6 Å². The van der Waals surface area contributed by atoms with Gasteiger partial charge in [-0.3, -0.25) is 9.78 Å². The average Bonchev–Trinajstić information content (AvgIpc) is 2.69. The van der Waals surface area contributed by atoms with E-state index < -0.39 is 0 Å². The molecule has 0 aliphatic carbocycles. The Bertz CT molecular complexity index is 1020. The fourth-order valence-electron chi connectivity index (χ4n) is 2.52. The summed E-state index contributed by atoms with van der Waals surface area (Å²) < 4.78 is 0. The molecule has 1 heterocycles. The molecule has 0 saturated heterocycles. The minimum absolute atomic E-state index is 0.00181. The molecule has 0 radical (unpaired) electrons. The molecular weight excluding hydrogens is 348 g/mol. The Labute approximate surface area is 155 Å². The Morgan fingerprint density at radius 1 is 0.962 bits per heavy atom. The quantitative estimate of drug-likeness (QED) is 0.407. The lowest BCUT2D eigenvalue weighted by atomic mass is 9.95. The van der Waals surface area contributed by atoms with Crippen LogP contribution in [0.4, 0.5) is 0 Å². The molecule has 2 aromatic carbocycles. The number of benzene rings is 2. The summed E-state index contributed by atoms with van der Waals surface area (Å²) in [5.74, 6) is -0.564. The van der Waals surface area contributed by atoms with Gasteiger partial charge in [0.1, 0.15) is 17.4 Å². The maximum Gasteiger partial charge on any atom is 0.193 e. The van der Waals surface area contributed by atoms with Crippen molar-refractivity contribution in [2.45, 2.75) is 0 Å². The van der Waals surface area contributed by atoms with E-state index in [2.05, 4.69) is 4.98 Å². The molecule has 4 nitrogen and oxygen atoms in total. The first-order chi connectivity index (χ1) is 12.6. The van der Waals surface area contributed by atoms with Crippen molar-refractivity contribution in [3.05, 3.63) is 100 Å². The highest BCUT2D eigenvalue weighted by Gasteiger charge is 2.19. The number of carbonyl (C=O) groups excluding carboxylic acids is 1. The molecule has 0 aliphatic rings. The van der Waals surface area contributed by atoms with Gasteiger partial charge >= 0.3 is 0 Å². The van der Waals surface area contributed by atoms with Crippen molar-refractivity contribution in [1.82, 2.24) is 4.98 Å². The molecule has 0 spiro atoms.